The zero-order chi connectivity index (χ0) is 17.6. The molecule has 0 heterocycles. The van der Waals surface area contributed by atoms with Crippen LogP contribution in [0.2, 0.25) is 0 Å². The van der Waals surface area contributed by atoms with Crippen molar-refractivity contribution in [2.24, 2.45) is 0 Å². The zero-order valence-corrected chi connectivity index (χ0v) is 15.3. The minimum atomic E-state index is -0.934. The SMILES string of the molecule is CCCCCCCCCCC(NC(=O)NC1CCCCC1)C(=O)O. The highest BCUT2D eigenvalue weighted by atomic mass is 16.4. The zero-order valence-electron chi connectivity index (χ0n) is 15.3. The molecule has 0 bridgehead atoms. The molecule has 1 atom stereocenters. The predicted molar refractivity (Wildman–Crippen MR) is 97.2 cm³/mol. The van der Waals surface area contributed by atoms with Crippen molar-refractivity contribution in [3.8, 4) is 0 Å². The fraction of sp³-hybridized carbons (Fsp3) is 0.895. The molecule has 0 aromatic heterocycles. The molecule has 1 saturated carbocycles. The molecular weight excluding hydrogens is 304 g/mol. The topological polar surface area (TPSA) is 78.4 Å². The summed E-state index contributed by atoms with van der Waals surface area (Å²) in [4.78, 5) is 23.3. The number of unbranched alkanes of at least 4 members (excludes halogenated alkanes) is 7. The molecule has 5 heteroatoms. The normalized spacial score (nSPS) is 16.5. The third-order valence-electron chi connectivity index (χ3n) is 4.89. The van der Waals surface area contributed by atoms with Crippen molar-refractivity contribution in [2.45, 2.75) is 109 Å². The summed E-state index contributed by atoms with van der Waals surface area (Å²) in [5, 5.41) is 14.8. The highest BCUT2D eigenvalue weighted by molar-refractivity contribution is 5.82. The number of aliphatic carboxylic acids is 1. The first-order valence-corrected chi connectivity index (χ1v) is 9.93. The summed E-state index contributed by atoms with van der Waals surface area (Å²) >= 11 is 0. The summed E-state index contributed by atoms with van der Waals surface area (Å²) in [6.45, 7) is 2.21. The standard InChI is InChI=1S/C19H36N2O3/c1-2-3-4-5-6-7-8-12-15-17(18(22)23)21-19(24)20-16-13-10-9-11-14-16/h16-17H,2-15H2,1H3,(H,22,23)(H2,20,21,24). The summed E-state index contributed by atoms with van der Waals surface area (Å²) in [6.07, 6.45) is 15.5. The maximum absolute atomic E-state index is 12.0. The summed E-state index contributed by atoms with van der Waals surface area (Å²) < 4.78 is 0. The number of hydrogen-bond acceptors (Lipinski definition) is 2. The average molecular weight is 341 g/mol. The second kappa shape index (κ2) is 13.1. The first kappa shape index (κ1) is 20.8. The van der Waals surface area contributed by atoms with Crippen molar-refractivity contribution in [1.82, 2.24) is 10.6 Å². The number of carbonyl (C=O) groups excluding carboxylic acids is 1. The van der Waals surface area contributed by atoms with Crippen LogP contribution < -0.4 is 10.6 Å². The van der Waals surface area contributed by atoms with Gasteiger partial charge in [0.2, 0.25) is 0 Å². The van der Waals surface area contributed by atoms with Crippen molar-refractivity contribution >= 4 is 12.0 Å². The molecule has 0 aromatic rings. The third kappa shape index (κ3) is 9.78. The first-order chi connectivity index (χ1) is 11.6. The molecule has 2 amide bonds. The van der Waals surface area contributed by atoms with Gasteiger partial charge in [0, 0.05) is 6.04 Å². The monoisotopic (exact) mass is 340 g/mol. The van der Waals surface area contributed by atoms with E-state index in [2.05, 4.69) is 17.6 Å². The molecule has 0 aromatic carbocycles. The van der Waals surface area contributed by atoms with E-state index in [1.807, 2.05) is 0 Å². The Morgan fingerprint density at radius 2 is 1.54 bits per heavy atom. The van der Waals surface area contributed by atoms with Crippen LogP contribution in [0.15, 0.2) is 0 Å². The van der Waals surface area contributed by atoms with E-state index in [1.165, 1.54) is 38.5 Å². The van der Waals surface area contributed by atoms with Crippen molar-refractivity contribution in [2.75, 3.05) is 0 Å². The van der Waals surface area contributed by atoms with E-state index >= 15 is 0 Å². The Bertz CT molecular complexity index is 355. The Labute approximate surface area is 147 Å². The summed E-state index contributed by atoms with van der Waals surface area (Å²) in [6, 6.07) is -0.890. The van der Waals surface area contributed by atoms with E-state index < -0.39 is 12.0 Å². The molecule has 0 aliphatic heterocycles. The quantitative estimate of drug-likeness (QED) is 0.454. The number of carboxylic acids is 1. The largest absolute Gasteiger partial charge is 0.480 e. The van der Waals surface area contributed by atoms with E-state index in [9.17, 15) is 14.7 Å². The van der Waals surface area contributed by atoms with Crippen LogP contribution in [0.4, 0.5) is 4.79 Å². The van der Waals surface area contributed by atoms with Crippen molar-refractivity contribution in [1.29, 1.82) is 0 Å². The Balaban J connectivity index is 2.14. The van der Waals surface area contributed by atoms with E-state index in [4.69, 9.17) is 0 Å². The van der Waals surface area contributed by atoms with Crippen LogP contribution in [0.3, 0.4) is 0 Å². The number of hydrogen-bond donors (Lipinski definition) is 3. The Morgan fingerprint density at radius 1 is 0.958 bits per heavy atom. The molecule has 1 aliphatic rings. The van der Waals surface area contributed by atoms with Crippen LogP contribution in [0, 0.1) is 0 Å². The summed E-state index contributed by atoms with van der Waals surface area (Å²) in [7, 11) is 0. The van der Waals surface area contributed by atoms with Gasteiger partial charge < -0.3 is 15.7 Å². The molecule has 24 heavy (non-hydrogen) atoms. The Morgan fingerprint density at radius 3 is 2.12 bits per heavy atom. The molecule has 0 spiro atoms. The molecule has 1 rings (SSSR count). The molecule has 3 N–H and O–H groups in total. The molecule has 0 saturated heterocycles. The maximum Gasteiger partial charge on any atom is 0.326 e. The van der Waals surface area contributed by atoms with Gasteiger partial charge >= 0.3 is 12.0 Å². The van der Waals surface area contributed by atoms with Crippen molar-refractivity contribution < 1.29 is 14.7 Å². The number of carbonyl (C=O) groups is 2. The first-order valence-electron chi connectivity index (χ1n) is 9.93. The number of rotatable bonds is 12. The third-order valence-corrected chi connectivity index (χ3v) is 4.89. The summed E-state index contributed by atoms with van der Waals surface area (Å²) in [5.41, 5.74) is 0. The molecule has 0 radical (unpaired) electrons. The van der Waals surface area contributed by atoms with E-state index in [1.54, 1.807) is 0 Å². The minimum absolute atomic E-state index is 0.205. The van der Waals surface area contributed by atoms with Gasteiger partial charge in [-0.3, -0.25) is 0 Å². The van der Waals surface area contributed by atoms with Crippen molar-refractivity contribution in [3.05, 3.63) is 0 Å². The second-order valence-electron chi connectivity index (χ2n) is 7.11. The van der Waals surface area contributed by atoms with Crippen LogP contribution in [0.25, 0.3) is 0 Å². The average Bonchev–Trinajstić information content (AvgIpc) is 2.57. The lowest BCUT2D eigenvalue weighted by atomic mass is 9.96. The van der Waals surface area contributed by atoms with Gasteiger partial charge in [-0.15, -0.1) is 0 Å². The van der Waals surface area contributed by atoms with E-state index in [-0.39, 0.29) is 12.1 Å². The molecule has 1 aliphatic carbocycles. The second-order valence-corrected chi connectivity index (χ2v) is 7.11. The van der Waals surface area contributed by atoms with Crippen LogP contribution in [-0.2, 0) is 4.79 Å². The molecule has 1 unspecified atom stereocenters. The van der Waals surface area contributed by atoms with Gasteiger partial charge in [0.15, 0.2) is 0 Å². The number of carboxylic acid groups (broad SMARTS) is 1. The van der Waals surface area contributed by atoms with Gasteiger partial charge in [-0.1, -0.05) is 77.6 Å². The highest BCUT2D eigenvalue weighted by Crippen LogP contribution is 2.17. The number of urea groups is 1. The number of amides is 2. The van der Waals surface area contributed by atoms with Gasteiger partial charge in [-0.05, 0) is 19.3 Å². The van der Waals surface area contributed by atoms with Gasteiger partial charge in [0.05, 0.1) is 0 Å². The maximum atomic E-state index is 12.0. The smallest absolute Gasteiger partial charge is 0.326 e. The summed E-state index contributed by atoms with van der Waals surface area (Å²) in [5.74, 6) is -0.934. The van der Waals surface area contributed by atoms with Crippen LogP contribution >= 0.6 is 0 Å². The molecule has 5 nitrogen and oxygen atoms in total. The lowest BCUT2D eigenvalue weighted by Crippen LogP contribution is -2.49. The lowest BCUT2D eigenvalue weighted by molar-refractivity contribution is -0.139. The number of nitrogens with one attached hydrogen (secondary N) is 2. The highest BCUT2D eigenvalue weighted by Gasteiger charge is 2.21. The van der Waals surface area contributed by atoms with Crippen LogP contribution in [0.5, 0.6) is 0 Å². The van der Waals surface area contributed by atoms with E-state index in [0.717, 1.165) is 44.9 Å². The van der Waals surface area contributed by atoms with E-state index in [0.29, 0.717) is 6.42 Å². The van der Waals surface area contributed by atoms with Crippen LogP contribution in [-0.4, -0.2) is 29.2 Å². The van der Waals surface area contributed by atoms with Gasteiger partial charge in [-0.2, -0.15) is 0 Å². The Hall–Kier alpha value is -1.26. The van der Waals surface area contributed by atoms with Gasteiger partial charge in [0.1, 0.15) is 6.04 Å². The Kier molecular flexibility index (Phi) is 11.3. The molecule has 140 valence electrons. The van der Waals surface area contributed by atoms with Crippen molar-refractivity contribution in [3.63, 3.8) is 0 Å². The fourth-order valence-corrected chi connectivity index (χ4v) is 3.37. The lowest BCUT2D eigenvalue weighted by Gasteiger charge is -2.24. The minimum Gasteiger partial charge on any atom is -0.480 e. The van der Waals surface area contributed by atoms with Gasteiger partial charge in [0.25, 0.3) is 0 Å². The molecule has 1 fully saturated rings. The van der Waals surface area contributed by atoms with Gasteiger partial charge in [-0.25, -0.2) is 9.59 Å². The fourth-order valence-electron chi connectivity index (χ4n) is 3.37. The molecular formula is C19H36N2O3. The predicted octanol–water partition coefficient (Wildman–Crippen LogP) is 4.60. The van der Waals surface area contributed by atoms with Crippen LogP contribution in [0.1, 0.15) is 96.8 Å².